The van der Waals surface area contributed by atoms with Crippen LogP contribution >= 0.6 is 0 Å². The van der Waals surface area contributed by atoms with E-state index in [2.05, 4.69) is 4.98 Å². The SMILES string of the molecule is COc1cccc(CC(O)c2cccnc2C)c1. The van der Waals surface area contributed by atoms with Gasteiger partial charge in [0.1, 0.15) is 5.75 Å². The molecule has 0 saturated carbocycles. The lowest BCUT2D eigenvalue weighted by Crippen LogP contribution is -2.05. The van der Waals surface area contributed by atoms with Crippen molar-refractivity contribution in [1.82, 2.24) is 4.98 Å². The third-order valence-corrected chi connectivity index (χ3v) is 2.97. The van der Waals surface area contributed by atoms with Crippen LogP contribution in [0.2, 0.25) is 0 Å². The summed E-state index contributed by atoms with van der Waals surface area (Å²) in [5, 5.41) is 10.2. The van der Waals surface area contributed by atoms with Crippen molar-refractivity contribution in [2.45, 2.75) is 19.4 Å². The molecule has 0 bridgehead atoms. The van der Waals surface area contributed by atoms with Crippen LogP contribution in [0.1, 0.15) is 22.9 Å². The van der Waals surface area contributed by atoms with E-state index >= 15 is 0 Å². The van der Waals surface area contributed by atoms with Gasteiger partial charge in [0.25, 0.3) is 0 Å². The number of methoxy groups -OCH3 is 1. The highest BCUT2D eigenvalue weighted by Crippen LogP contribution is 2.22. The van der Waals surface area contributed by atoms with Gasteiger partial charge < -0.3 is 9.84 Å². The van der Waals surface area contributed by atoms with Gasteiger partial charge in [0.05, 0.1) is 13.2 Å². The second-order valence-corrected chi connectivity index (χ2v) is 4.25. The molecule has 1 aromatic carbocycles. The van der Waals surface area contributed by atoms with Gasteiger partial charge in [0, 0.05) is 23.9 Å². The number of hydrogen-bond donors (Lipinski definition) is 1. The van der Waals surface area contributed by atoms with E-state index in [0.717, 1.165) is 22.6 Å². The van der Waals surface area contributed by atoms with Crippen molar-refractivity contribution in [2.75, 3.05) is 7.11 Å². The highest BCUT2D eigenvalue weighted by atomic mass is 16.5. The average Bonchev–Trinajstić information content (AvgIpc) is 2.39. The summed E-state index contributed by atoms with van der Waals surface area (Å²) in [6.45, 7) is 1.91. The number of aliphatic hydroxyl groups excluding tert-OH is 1. The van der Waals surface area contributed by atoms with Gasteiger partial charge in [-0.2, -0.15) is 0 Å². The fourth-order valence-electron chi connectivity index (χ4n) is 1.98. The first-order chi connectivity index (χ1) is 8.70. The molecule has 0 saturated heterocycles. The van der Waals surface area contributed by atoms with Crippen molar-refractivity contribution in [3.63, 3.8) is 0 Å². The van der Waals surface area contributed by atoms with Crippen molar-refractivity contribution >= 4 is 0 Å². The summed E-state index contributed by atoms with van der Waals surface area (Å²) in [7, 11) is 1.64. The van der Waals surface area contributed by atoms with Crippen LogP contribution in [0.25, 0.3) is 0 Å². The first-order valence-electron chi connectivity index (χ1n) is 5.93. The van der Waals surface area contributed by atoms with E-state index in [1.165, 1.54) is 0 Å². The van der Waals surface area contributed by atoms with E-state index in [9.17, 15) is 5.11 Å². The summed E-state index contributed by atoms with van der Waals surface area (Å²) in [5.74, 6) is 0.808. The van der Waals surface area contributed by atoms with E-state index < -0.39 is 6.10 Å². The summed E-state index contributed by atoms with van der Waals surface area (Å²) in [6, 6.07) is 11.5. The van der Waals surface area contributed by atoms with Gasteiger partial charge >= 0.3 is 0 Å². The molecule has 2 rings (SSSR count). The number of aryl methyl sites for hydroxylation is 1. The molecule has 18 heavy (non-hydrogen) atoms. The van der Waals surface area contributed by atoms with Crippen LogP contribution in [-0.4, -0.2) is 17.2 Å². The summed E-state index contributed by atoms with van der Waals surface area (Å²) >= 11 is 0. The van der Waals surface area contributed by atoms with Crippen LogP contribution in [0.5, 0.6) is 5.75 Å². The lowest BCUT2D eigenvalue weighted by molar-refractivity contribution is 0.177. The number of aliphatic hydroxyl groups is 1. The van der Waals surface area contributed by atoms with Gasteiger partial charge in [-0.1, -0.05) is 18.2 Å². The Balaban J connectivity index is 2.16. The maximum atomic E-state index is 10.2. The normalized spacial score (nSPS) is 12.2. The molecular weight excluding hydrogens is 226 g/mol. The quantitative estimate of drug-likeness (QED) is 0.897. The largest absolute Gasteiger partial charge is 0.497 e. The van der Waals surface area contributed by atoms with Gasteiger partial charge in [-0.05, 0) is 30.7 Å². The minimum atomic E-state index is -0.536. The van der Waals surface area contributed by atoms with E-state index in [-0.39, 0.29) is 0 Å². The zero-order valence-electron chi connectivity index (χ0n) is 10.6. The van der Waals surface area contributed by atoms with Crippen LogP contribution < -0.4 is 4.74 Å². The molecule has 0 radical (unpaired) electrons. The molecule has 3 heteroatoms. The summed E-state index contributed by atoms with van der Waals surface area (Å²) in [5.41, 5.74) is 2.79. The lowest BCUT2D eigenvalue weighted by Gasteiger charge is -2.13. The summed E-state index contributed by atoms with van der Waals surface area (Å²) < 4.78 is 5.17. The summed E-state index contributed by atoms with van der Waals surface area (Å²) in [6.07, 6.45) is 1.76. The molecule has 0 aliphatic carbocycles. The monoisotopic (exact) mass is 243 g/mol. The van der Waals surface area contributed by atoms with Crippen LogP contribution in [0, 0.1) is 6.92 Å². The van der Waals surface area contributed by atoms with Crippen molar-refractivity contribution in [1.29, 1.82) is 0 Å². The molecule has 3 nitrogen and oxygen atoms in total. The van der Waals surface area contributed by atoms with E-state index in [4.69, 9.17) is 4.74 Å². The molecule has 2 aromatic rings. The number of rotatable bonds is 4. The van der Waals surface area contributed by atoms with E-state index in [1.807, 2.05) is 43.3 Å². The Labute approximate surface area is 107 Å². The van der Waals surface area contributed by atoms with Crippen LogP contribution in [0.4, 0.5) is 0 Å². The van der Waals surface area contributed by atoms with Gasteiger partial charge in [-0.25, -0.2) is 0 Å². The molecule has 1 atom stereocenters. The number of pyridine rings is 1. The molecule has 94 valence electrons. The van der Waals surface area contributed by atoms with Gasteiger partial charge in [0.2, 0.25) is 0 Å². The average molecular weight is 243 g/mol. The van der Waals surface area contributed by atoms with Crippen molar-refractivity contribution in [3.05, 3.63) is 59.4 Å². The van der Waals surface area contributed by atoms with Crippen LogP contribution in [-0.2, 0) is 6.42 Å². The first kappa shape index (κ1) is 12.6. The first-order valence-corrected chi connectivity index (χ1v) is 5.93. The minimum Gasteiger partial charge on any atom is -0.497 e. The maximum absolute atomic E-state index is 10.2. The molecule has 1 aromatic heterocycles. The Morgan fingerprint density at radius 1 is 1.28 bits per heavy atom. The summed E-state index contributed by atoms with van der Waals surface area (Å²) in [4.78, 5) is 4.19. The third-order valence-electron chi connectivity index (χ3n) is 2.97. The number of ether oxygens (including phenoxy) is 1. The second kappa shape index (κ2) is 5.65. The van der Waals surface area contributed by atoms with Crippen LogP contribution in [0.3, 0.4) is 0 Å². The Kier molecular flexibility index (Phi) is 3.95. The van der Waals surface area contributed by atoms with Crippen LogP contribution in [0.15, 0.2) is 42.6 Å². The molecule has 1 heterocycles. The molecule has 0 aliphatic heterocycles. The standard InChI is InChI=1S/C15H17NO2/c1-11-14(7-4-8-16-11)15(17)10-12-5-3-6-13(9-12)18-2/h3-9,15,17H,10H2,1-2H3. The predicted octanol–water partition coefficient (Wildman–Crippen LogP) is 2.67. The van der Waals surface area contributed by atoms with E-state index in [0.29, 0.717) is 6.42 Å². The molecule has 0 amide bonds. The fourth-order valence-corrected chi connectivity index (χ4v) is 1.98. The topological polar surface area (TPSA) is 42.4 Å². The smallest absolute Gasteiger partial charge is 0.119 e. The zero-order valence-corrected chi connectivity index (χ0v) is 10.6. The second-order valence-electron chi connectivity index (χ2n) is 4.25. The number of aromatic nitrogens is 1. The Bertz CT molecular complexity index is 525. The van der Waals surface area contributed by atoms with Gasteiger partial charge in [-0.15, -0.1) is 0 Å². The Morgan fingerprint density at radius 3 is 2.83 bits per heavy atom. The number of hydrogen-bond acceptors (Lipinski definition) is 3. The lowest BCUT2D eigenvalue weighted by atomic mass is 10.0. The molecule has 0 spiro atoms. The molecule has 0 fully saturated rings. The minimum absolute atomic E-state index is 0.536. The Morgan fingerprint density at radius 2 is 2.11 bits per heavy atom. The zero-order chi connectivity index (χ0) is 13.0. The Hall–Kier alpha value is -1.87. The number of benzene rings is 1. The van der Waals surface area contributed by atoms with Crippen molar-refractivity contribution in [2.24, 2.45) is 0 Å². The van der Waals surface area contributed by atoms with Crippen molar-refractivity contribution in [3.8, 4) is 5.75 Å². The maximum Gasteiger partial charge on any atom is 0.119 e. The van der Waals surface area contributed by atoms with Gasteiger partial charge in [-0.3, -0.25) is 4.98 Å². The molecule has 0 aliphatic rings. The van der Waals surface area contributed by atoms with Gasteiger partial charge in [0.15, 0.2) is 0 Å². The number of nitrogens with zero attached hydrogens (tertiary/aromatic N) is 1. The van der Waals surface area contributed by atoms with E-state index in [1.54, 1.807) is 13.3 Å². The molecule has 1 N–H and O–H groups in total. The third kappa shape index (κ3) is 2.87. The highest BCUT2D eigenvalue weighted by molar-refractivity contribution is 5.30. The highest BCUT2D eigenvalue weighted by Gasteiger charge is 2.11. The fraction of sp³-hybridized carbons (Fsp3) is 0.267. The predicted molar refractivity (Wildman–Crippen MR) is 70.6 cm³/mol. The molecule has 1 unspecified atom stereocenters. The molecular formula is C15H17NO2. The van der Waals surface area contributed by atoms with Crippen molar-refractivity contribution < 1.29 is 9.84 Å².